The average Bonchev–Trinajstić information content (AvgIpc) is 2.41. The second-order valence-corrected chi connectivity index (χ2v) is 4.49. The molecule has 1 aliphatic carbocycles. The first-order valence-corrected chi connectivity index (χ1v) is 5.31. The number of nitrogens with two attached hydrogens (primary N) is 1. The van der Waals surface area contributed by atoms with Crippen LogP contribution >= 0.6 is 22.6 Å². The SMILES string of the molecule is Cc1ccc2c(c1I)[C@@H](N)CC2. The second-order valence-electron chi connectivity index (χ2n) is 3.41. The number of fused-ring (bicyclic) bond motifs is 1. The van der Waals surface area contributed by atoms with Gasteiger partial charge in [0.1, 0.15) is 0 Å². The molecule has 0 heterocycles. The van der Waals surface area contributed by atoms with Gasteiger partial charge in [-0.1, -0.05) is 12.1 Å². The van der Waals surface area contributed by atoms with Crippen molar-refractivity contribution in [3.8, 4) is 0 Å². The Morgan fingerprint density at radius 1 is 1.50 bits per heavy atom. The number of hydrogen-bond donors (Lipinski definition) is 1. The van der Waals surface area contributed by atoms with Gasteiger partial charge in [0.15, 0.2) is 0 Å². The molecule has 0 spiro atoms. The van der Waals surface area contributed by atoms with Gasteiger partial charge in [-0.3, -0.25) is 0 Å². The summed E-state index contributed by atoms with van der Waals surface area (Å²) in [5.41, 5.74) is 10.2. The third kappa shape index (κ3) is 1.17. The van der Waals surface area contributed by atoms with Gasteiger partial charge >= 0.3 is 0 Å². The maximum Gasteiger partial charge on any atom is 0.0311 e. The largest absolute Gasteiger partial charge is 0.324 e. The van der Waals surface area contributed by atoms with Gasteiger partial charge in [-0.15, -0.1) is 0 Å². The lowest BCUT2D eigenvalue weighted by molar-refractivity contribution is 0.710. The van der Waals surface area contributed by atoms with Crippen molar-refractivity contribution in [1.82, 2.24) is 0 Å². The molecule has 2 rings (SSSR count). The van der Waals surface area contributed by atoms with E-state index in [1.165, 1.54) is 20.3 Å². The summed E-state index contributed by atoms with van der Waals surface area (Å²) >= 11 is 2.41. The molecular formula is C10H12IN. The van der Waals surface area contributed by atoms with Crippen LogP contribution in [0.15, 0.2) is 12.1 Å². The number of hydrogen-bond acceptors (Lipinski definition) is 1. The Balaban J connectivity index is 2.63. The van der Waals surface area contributed by atoms with E-state index < -0.39 is 0 Å². The van der Waals surface area contributed by atoms with Crippen LogP contribution < -0.4 is 5.73 Å². The fourth-order valence-corrected chi connectivity index (χ4v) is 2.74. The van der Waals surface area contributed by atoms with E-state index in [9.17, 15) is 0 Å². The summed E-state index contributed by atoms with van der Waals surface area (Å²) in [4.78, 5) is 0. The minimum Gasteiger partial charge on any atom is -0.324 e. The highest BCUT2D eigenvalue weighted by Gasteiger charge is 2.21. The molecule has 0 saturated heterocycles. The molecule has 0 fully saturated rings. The van der Waals surface area contributed by atoms with E-state index in [2.05, 4.69) is 41.6 Å². The predicted molar refractivity (Wildman–Crippen MR) is 59.1 cm³/mol. The van der Waals surface area contributed by atoms with Gasteiger partial charge in [0.05, 0.1) is 0 Å². The van der Waals surface area contributed by atoms with Gasteiger partial charge in [0, 0.05) is 9.61 Å². The zero-order valence-corrected chi connectivity index (χ0v) is 9.26. The molecule has 1 aliphatic rings. The number of aryl methyl sites for hydroxylation is 2. The van der Waals surface area contributed by atoms with E-state index in [1.54, 1.807) is 0 Å². The maximum absolute atomic E-state index is 6.01. The lowest BCUT2D eigenvalue weighted by Gasteiger charge is -2.09. The average molecular weight is 273 g/mol. The van der Waals surface area contributed by atoms with Gasteiger partial charge in [0.2, 0.25) is 0 Å². The van der Waals surface area contributed by atoms with Gasteiger partial charge in [-0.25, -0.2) is 0 Å². The molecule has 0 saturated carbocycles. The van der Waals surface area contributed by atoms with E-state index in [1.807, 2.05) is 0 Å². The van der Waals surface area contributed by atoms with Crippen molar-refractivity contribution >= 4 is 22.6 Å². The quantitative estimate of drug-likeness (QED) is 0.722. The lowest BCUT2D eigenvalue weighted by Crippen LogP contribution is -2.07. The van der Waals surface area contributed by atoms with Crippen LogP contribution in [0.1, 0.15) is 29.2 Å². The maximum atomic E-state index is 6.01. The monoisotopic (exact) mass is 273 g/mol. The number of benzene rings is 1. The zero-order chi connectivity index (χ0) is 8.72. The van der Waals surface area contributed by atoms with Crippen LogP contribution in [0.25, 0.3) is 0 Å². The van der Waals surface area contributed by atoms with Crippen molar-refractivity contribution in [3.05, 3.63) is 32.4 Å². The summed E-state index contributed by atoms with van der Waals surface area (Å²) in [6, 6.07) is 4.70. The molecule has 2 N–H and O–H groups in total. The highest BCUT2D eigenvalue weighted by atomic mass is 127. The van der Waals surface area contributed by atoms with Crippen LogP contribution in [0.4, 0.5) is 0 Å². The third-order valence-corrected chi connectivity index (χ3v) is 3.99. The van der Waals surface area contributed by atoms with E-state index >= 15 is 0 Å². The minimum absolute atomic E-state index is 0.284. The van der Waals surface area contributed by atoms with Crippen LogP contribution in [0.5, 0.6) is 0 Å². The molecule has 0 radical (unpaired) electrons. The van der Waals surface area contributed by atoms with Gasteiger partial charge in [-0.2, -0.15) is 0 Å². The molecule has 1 nitrogen and oxygen atoms in total. The topological polar surface area (TPSA) is 26.0 Å². The van der Waals surface area contributed by atoms with E-state index in [4.69, 9.17) is 5.73 Å². The van der Waals surface area contributed by atoms with E-state index in [0.717, 1.165) is 12.8 Å². The Morgan fingerprint density at radius 2 is 2.25 bits per heavy atom. The van der Waals surface area contributed by atoms with Crippen LogP contribution in [0, 0.1) is 10.5 Å². The number of halogens is 1. The van der Waals surface area contributed by atoms with Crippen molar-refractivity contribution < 1.29 is 0 Å². The molecule has 0 aliphatic heterocycles. The van der Waals surface area contributed by atoms with Crippen molar-refractivity contribution in [2.45, 2.75) is 25.8 Å². The molecule has 64 valence electrons. The smallest absolute Gasteiger partial charge is 0.0311 e. The van der Waals surface area contributed by atoms with Crippen LogP contribution in [0.3, 0.4) is 0 Å². The third-order valence-electron chi connectivity index (χ3n) is 2.56. The second kappa shape index (κ2) is 3.00. The fraction of sp³-hybridized carbons (Fsp3) is 0.400. The molecule has 0 unspecified atom stereocenters. The summed E-state index contributed by atoms with van der Waals surface area (Å²) in [6.45, 7) is 2.15. The Morgan fingerprint density at radius 3 is 3.00 bits per heavy atom. The Hall–Kier alpha value is -0.0900. The highest BCUT2D eigenvalue weighted by molar-refractivity contribution is 14.1. The van der Waals surface area contributed by atoms with Crippen LogP contribution in [-0.2, 0) is 6.42 Å². The normalized spacial score (nSPS) is 21.1. The molecule has 0 aromatic heterocycles. The lowest BCUT2D eigenvalue weighted by atomic mass is 10.1. The van der Waals surface area contributed by atoms with Crippen molar-refractivity contribution in [2.75, 3.05) is 0 Å². The van der Waals surface area contributed by atoms with Crippen molar-refractivity contribution in [2.24, 2.45) is 5.73 Å². The summed E-state index contributed by atoms with van der Waals surface area (Å²) < 4.78 is 1.37. The van der Waals surface area contributed by atoms with Crippen LogP contribution in [0.2, 0.25) is 0 Å². The van der Waals surface area contributed by atoms with E-state index in [-0.39, 0.29) is 6.04 Å². The summed E-state index contributed by atoms with van der Waals surface area (Å²) in [5.74, 6) is 0. The summed E-state index contributed by atoms with van der Waals surface area (Å²) in [6.07, 6.45) is 2.28. The molecule has 1 atom stereocenters. The van der Waals surface area contributed by atoms with Gasteiger partial charge in [-0.05, 0) is 59.0 Å². The first-order valence-electron chi connectivity index (χ1n) is 4.23. The highest BCUT2D eigenvalue weighted by Crippen LogP contribution is 2.34. The molecular weight excluding hydrogens is 261 g/mol. The molecule has 0 bridgehead atoms. The number of rotatable bonds is 0. The zero-order valence-electron chi connectivity index (χ0n) is 7.10. The standard InChI is InChI=1S/C10H12IN/c1-6-2-3-7-4-5-8(12)9(7)10(6)11/h2-3,8H,4-5,12H2,1H3/t8-/m0/s1. The fourth-order valence-electron chi connectivity index (χ4n) is 1.82. The molecule has 2 heteroatoms. The molecule has 0 amide bonds. The van der Waals surface area contributed by atoms with Gasteiger partial charge < -0.3 is 5.73 Å². The Kier molecular flexibility index (Phi) is 2.12. The van der Waals surface area contributed by atoms with E-state index in [0.29, 0.717) is 0 Å². The van der Waals surface area contributed by atoms with Crippen molar-refractivity contribution in [3.63, 3.8) is 0 Å². The predicted octanol–water partition coefficient (Wildman–Crippen LogP) is 2.55. The van der Waals surface area contributed by atoms with Gasteiger partial charge in [0.25, 0.3) is 0 Å². The molecule has 1 aromatic rings. The Labute approximate surface area is 86.5 Å². The van der Waals surface area contributed by atoms with Crippen molar-refractivity contribution in [1.29, 1.82) is 0 Å². The van der Waals surface area contributed by atoms with Crippen LogP contribution in [-0.4, -0.2) is 0 Å². The summed E-state index contributed by atoms with van der Waals surface area (Å²) in [5, 5.41) is 0. The minimum atomic E-state index is 0.284. The molecule has 1 aromatic carbocycles. The first-order chi connectivity index (χ1) is 5.70. The Bertz CT molecular complexity index is 320. The molecule has 12 heavy (non-hydrogen) atoms. The first kappa shape index (κ1) is 8.51. The summed E-state index contributed by atoms with van der Waals surface area (Å²) in [7, 11) is 0.